The molecule has 1 aromatic carbocycles. The van der Waals surface area contributed by atoms with Gasteiger partial charge in [0, 0.05) is 15.1 Å². The van der Waals surface area contributed by atoms with Crippen molar-refractivity contribution in [3.63, 3.8) is 0 Å². The van der Waals surface area contributed by atoms with E-state index in [4.69, 9.17) is 12.2 Å². The Morgan fingerprint density at radius 2 is 1.80 bits per heavy atom. The van der Waals surface area contributed by atoms with Crippen molar-refractivity contribution >= 4 is 44.1 Å². The van der Waals surface area contributed by atoms with Crippen molar-refractivity contribution < 1.29 is 0 Å². The zero-order chi connectivity index (χ0) is 14.1. The second-order valence-corrected chi connectivity index (χ2v) is 6.07. The zero-order valence-electron chi connectivity index (χ0n) is 10.0. The number of hydrogen-bond acceptors (Lipinski definition) is 3. The standard InChI is InChI=1S/C13H8Br2N4S/c14-8-4-3-5-9(15)11(8)19-12(17-18-13(19)20)10-6-1-2-7-16-10/h1-7H,(H,18,20). The summed E-state index contributed by atoms with van der Waals surface area (Å²) in [4.78, 5) is 4.33. The van der Waals surface area contributed by atoms with Crippen molar-refractivity contribution in [1.82, 2.24) is 19.7 Å². The smallest absolute Gasteiger partial charge is 0.200 e. The third-order valence-electron chi connectivity index (χ3n) is 2.73. The highest BCUT2D eigenvalue weighted by molar-refractivity contribution is 9.11. The summed E-state index contributed by atoms with van der Waals surface area (Å²) in [6.07, 6.45) is 1.73. The van der Waals surface area contributed by atoms with Gasteiger partial charge in [-0.3, -0.25) is 14.6 Å². The Morgan fingerprint density at radius 3 is 2.45 bits per heavy atom. The van der Waals surface area contributed by atoms with E-state index in [1.165, 1.54) is 0 Å². The van der Waals surface area contributed by atoms with Crippen LogP contribution in [0.1, 0.15) is 0 Å². The maximum atomic E-state index is 5.35. The lowest BCUT2D eigenvalue weighted by Gasteiger charge is -2.10. The highest BCUT2D eigenvalue weighted by atomic mass is 79.9. The normalized spacial score (nSPS) is 10.7. The van der Waals surface area contributed by atoms with Crippen LogP contribution in [0.4, 0.5) is 0 Å². The summed E-state index contributed by atoms with van der Waals surface area (Å²) >= 11 is 12.4. The molecule has 2 aromatic heterocycles. The van der Waals surface area contributed by atoms with Crippen molar-refractivity contribution in [2.24, 2.45) is 0 Å². The maximum absolute atomic E-state index is 5.35. The van der Waals surface area contributed by atoms with E-state index < -0.39 is 0 Å². The Kier molecular flexibility index (Phi) is 3.82. The minimum Gasteiger partial charge on any atom is -0.265 e. The first-order valence-electron chi connectivity index (χ1n) is 5.71. The van der Waals surface area contributed by atoms with Crippen LogP contribution in [-0.4, -0.2) is 19.7 Å². The van der Waals surface area contributed by atoms with Crippen LogP contribution < -0.4 is 0 Å². The lowest BCUT2D eigenvalue weighted by Crippen LogP contribution is -2.01. The summed E-state index contributed by atoms with van der Waals surface area (Å²) < 4.78 is 4.20. The van der Waals surface area contributed by atoms with Crippen LogP contribution in [0.5, 0.6) is 0 Å². The van der Waals surface area contributed by atoms with Gasteiger partial charge in [0.1, 0.15) is 5.69 Å². The van der Waals surface area contributed by atoms with Gasteiger partial charge in [0.2, 0.25) is 0 Å². The fourth-order valence-corrected chi connectivity index (χ4v) is 3.45. The predicted molar refractivity (Wildman–Crippen MR) is 87.4 cm³/mol. The Morgan fingerprint density at radius 1 is 1.05 bits per heavy atom. The van der Waals surface area contributed by atoms with E-state index in [0.29, 0.717) is 10.6 Å². The molecule has 0 atom stereocenters. The molecule has 7 heteroatoms. The number of aromatic amines is 1. The number of hydrogen-bond donors (Lipinski definition) is 1. The molecule has 0 spiro atoms. The number of pyridine rings is 1. The van der Waals surface area contributed by atoms with Crippen LogP contribution in [0.25, 0.3) is 17.2 Å². The Labute approximate surface area is 137 Å². The lowest BCUT2D eigenvalue weighted by molar-refractivity contribution is 1.02. The molecule has 100 valence electrons. The lowest BCUT2D eigenvalue weighted by atomic mass is 10.3. The summed E-state index contributed by atoms with van der Waals surface area (Å²) in [6, 6.07) is 11.5. The fourth-order valence-electron chi connectivity index (χ4n) is 1.87. The van der Waals surface area contributed by atoms with Crippen LogP contribution in [0, 0.1) is 4.77 Å². The van der Waals surface area contributed by atoms with E-state index in [0.717, 1.165) is 20.3 Å². The SMILES string of the molecule is S=c1[nH]nc(-c2ccccn2)n1-c1c(Br)cccc1Br. The third kappa shape index (κ3) is 2.36. The van der Waals surface area contributed by atoms with Crippen molar-refractivity contribution in [2.75, 3.05) is 0 Å². The van der Waals surface area contributed by atoms with Gasteiger partial charge in [0.25, 0.3) is 0 Å². The number of aromatic nitrogens is 4. The van der Waals surface area contributed by atoms with E-state index in [1.54, 1.807) is 6.20 Å². The molecule has 0 saturated carbocycles. The van der Waals surface area contributed by atoms with Gasteiger partial charge in [0.15, 0.2) is 10.6 Å². The van der Waals surface area contributed by atoms with E-state index in [-0.39, 0.29) is 0 Å². The molecule has 0 radical (unpaired) electrons. The van der Waals surface area contributed by atoms with Gasteiger partial charge in [0.05, 0.1) is 5.69 Å². The fraction of sp³-hybridized carbons (Fsp3) is 0. The van der Waals surface area contributed by atoms with Gasteiger partial charge in [-0.25, -0.2) is 0 Å². The molecule has 4 nitrogen and oxygen atoms in total. The molecule has 0 bridgehead atoms. The van der Waals surface area contributed by atoms with Gasteiger partial charge in [-0.2, -0.15) is 5.10 Å². The second kappa shape index (κ2) is 5.59. The molecule has 20 heavy (non-hydrogen) atoms. The average molecular weight is 412 g/mol. The topological polar surface area (TPSA) is 46.5 Å². The molecule has 0 aliphatic heterocycles. The van der Waals surface area contributed by atoms with Crippen molar-refractivity contribution in [2.45, 2.75) is 0 Å². The summed E-state index contributed by atoms with van der Waals surface area (Å²) in [6.45, 7) is 0. The van der Waals surface area contributed by atoms with Crippen molar-refractivity contribution in [1.29, 1.82) is 0 Å². The highest BCUT2D eigenvalue weighted by Gasteiger charge is 2.16. The van der Waals surface area contributed by atoms with E-state index in [1.807, 2.05) is 41.0 Å². The summed E-state index contributed by atoms with van der Waals surface area (Å²) in [5.74, 6) is 0.670. The number of H-pyrrole nitrogens is 1. The Hall–Kier alpha value is -1.31. The van der Waals surface area contributed by atoms with Gasteiger partial charge < -0.3 is 0 Å². The van der Waals surface area contributed by atoms with E-state index in [9.17, 15) is 0 Å². The largest absolute Gasteiger partial charge is 0.265 e. The number of rotatable bonds is 2. The van der Waals surface area contributed by atoms with Gasteiger partial charge >= 0.3 is 0 Å². The molecular formula is C13H8Br2N4S. The molecule has 1 N–H and O–H groups in total. The third-order valence-corrected chi connectivity index (χ3v) is 4.28. The summed E-state index contributed by atoms with van der Waals surface area (Å²) in [5, 5.41) is 7.11. The summed E-state index contributed by atoms with van der Waals surface area (Å²) in [5.41, 5.74) is 1.65. The highest BCUT2D eigenvalue weighted by Crippen LogP contribution is 2.31. The maximum Gasteiger partial charge on any atom is 0.200 e. The van der Waals surface area contributed by atoms with Crippen molar-refractivity contribution in [3.8, 4) is 17.2 Å². The second-order valence-electron chi connectivity index (χ2n) is 3.97. The number of nitrogens with zero attached hydrogens (tertiary/aromatic N) is 3. The van der Waals surface area contributed by atoms with E-state index in [2.05, 4.69) is 47.0 Å². The zero-order valence-corrected chi connectivity index (χ0v) is 14.0. The monoisotopic (exact) mass is 410 g/mol. The molecule has 0 aliphatic carbocycles. The van der Waals surface area contributed by atoms with Crippen LogP contribution in [0.2, 0.25) is 0 Å². The minimum atomic E-state index is 0.512. The van der Waals surface area contributed by atoms with Gasteiger partial charge in [-0.15, -0.1) is 0 Å². The molecule has 0 saturated heterocycles. The first kappa shape index (κ1) is 13.7. The van der Waals surface area contributed by atoms with Gasteiger partial charge in [-0.1, -0.05) is 12.1 Å². The number of para-hydroxylation sites is 1. The average Bonchev–Trinajstić information content (AvgIpc) is 2.82. The molecule has 0 unspecified atom stereocenters. The van der Waals surface area contributed by atoms with Crippen LogP contribution >= 0.6 is 44.1 Å². The minimum absolute atomic E-state index is 0.512. The molecule has 3 aromatic rings. The molecule has 0 amide bonds. The quantitative estimate of drug-likeness (QED) is 0.630. The Bertz CT molecular complexity index is 790. The number of benzene rings is 1. The number of nitrogens with one attached hydrogen (secondary N) is 1. The van der Waals surface area contributed by atoms with Crippen LogP contribution in [-0.2, 0) is 0 Å². The first-order valence-corrected chi connectivity index (χ1v) is 7.71. The molecule has 2 heterocycles. The van der Waals surface area contributed by atoms with Crippen LogP contribution in [0.3, 0.4) is 0 Å². The van der Waals surface area contributed by atoms with E-state index >= 15 is 0 Å². The van der Waals surface area contributed by atoms with Crippen molar-refractivity contribution in [3.05, 3.63) is 56.3 Å². The first-order chi connectivity index (χ1) is 9.68. The molecular weight excluding hydrogens is 404 g/mol. The molecule has 0 aliphatic rings. The van der Waals surface area contributed by atoms with Crippen LogP contribution in [0.15, 0.2) is 51.5 Å². The molecule has 0 fully saturated rings. The number of halogens is 2. The molecule has 3 rings (SSSR count). The Balaban J connectivity index is 2.31. The summed E-state index contributed by atoms with van der Waals surface area (Å²) in [7, 11) is 0. The predicted octanol–water partition coefficient (Wildman–Crippen LogP) is 4.52. The van der Waals surface area contributed by atoms with Gasteiger partial charge in [-0.05, 0) is 68.3 Å².